The second-order valence-corrected chi connectivity index (χ2v) is 8.57. The fourth-order valence-corrected chi connectivity index (χ4v) is 5.16. The summed E-state index contributed by atoms with van der Waals surface area (Å²) in [6, 6.07) is 13.2. The maximum atomic E-state index is 12.7. The average molecular weight is 429 g/mol. The molecular formula is C25H23N3O4. The van der Waals surface area contributed by atoms with E-state index >= 15 is 0 Å². The molecular weight excluding hydrogens is 406 g/mol. The van der Waals surface area contributed by atoms with Gasteiger partial charge >= 0.3 is 0 Å². The van der Waals surface area contributed by atoms with Gasteiger partial charge in [0.15, 0.2) is 18.9 Å². The van der Waals surface area contributed by atoms with Crippen molar-refractivity contribution in [1.82, 2.24) is 9.80 Å². The second kappa shape index (κ2) is 7.75. The fraction of sp³-hybridized carbons (Fsp3) is 0.280. The van der Waals surface area contributed by atoms with E-state index in [1.807, 2.05) is 48.8 Å². The number of benzene rings is 1. The van der Waals surface area contributed by atoms with Crippen molar-refractivity contribution in [2.24, 2.45) is 5.92 Å². The molecule has 7 heteroatoms. The van der Waals surface area contributed by atoms with Crippen LogP contribution in [0.1, 0.15) is 24.5 Å². The number of aliphatic carboxylic acids is 1. The van der Waals surface area contributed by atoms with Crippen molar-refractivity contribution >= 4 is 23.9 Å². The first-order chi connectivity index (χ1) is 15.4. The van der Waals surface area contributed by atoms with Crippen molar-refractivity contribution in [3.05, 3.63) is 83.3 Å². The Kier molecular flexibility index (Phi) is 4.89. The largest absolute Gasteiger partial charge is 0.543 e. The molecule has 1 aromatic carbocycles. The zero-order valence-electron chi connectivity index (χ0n) is 17.7. The van der Waals surface area contributed by atoms with E-state index in [2.05, 4.69) is 16.7 Å². The van der Waals surface area contributed by atoms with Crippen LogP contribution in [0.15, 0.2) is 72.2 Å². The molecule has 2 amide bonds. The number of amides is 2. The summed E-state index contributed by atoms with van der Waals surface area (Å²) < 4.78 is 2.06. The number of carbonyl (C=O) groups is 3. The number of carboxylic acid groups (broad SMARTS) is 1. The summed E-state index contributed by atoms with van der Waals surface area (Å²) in [7, 11) is 0. The van der Waals surface area contributed by atoms with E-state index in [4.69, 9.17) is 0 Å². The predicted octanol–water partition coefficient (Wildman–Crippen LogP) is 0.501. The lowest BCUT2D eigenvalue weighted by Crippen LogP contribution is -2.69. The molecule has 0 radical (unpaired) electrons. The number of β-lactam (4-membered cyclic amide) rings is 1. The van der Waals surface area contributed by atoms with E-state index in [-0.39, 0.29) is 29.5 Å². The molecule has 7 nitrogen and oxygen atoms in total. The maximum absolute atomic E-state index is 12.7. The van der Waals surface area contributed by atoms with Gasteiger partial charge in [0.25, 0.3) is 5.91 Å². The van der Waals surface area contributed by atoms with Gasteiger partial charge in [-0.15, -0.1) is 0 Å². The highest BCUT2D eigenvalue weighted by atomic mass is 16.4. The minimum atomic E-state index is -1.36. The topological polar surface area (TPSA) is 84.6 Å². The van der Waals surface area contributed by atoms with Crippen LogP contribution in [0.3, 0.4) is 0 Å². The van der Waals surface area contributed by atoms with Gasteiger partial charge in [-0.25, -0.2) is 4.57 Å². The van der Waals surface area contributed by atoms with Gasteiger partial charge in [-0.05, 0) is 24.1 Å². The van der Waals surface area contributed by atoms with Gasteiger partial charge in [-0.3, -0.25) is 9.59 Å². The zero-order valence-corrected chi connectivity index (χ0v) is 17.7. The Morgan fingerprint density at radius 2 is 1.94 bits per heavy atom. The minimum Gasteiger partial charge on any atom is -0.543 e. The summed E-state index contributed by atoms with van der Waals surface area (Å²) in [6.45, 7) is 2.64. The average Bonchev–Trinajstić information content (AvgIpc) is 3.15. The van der Waals surface area contributed by atoms with Crippen LogP contribution in [-0.2, 0) is 20.9 Å². The number of aromatic nitrogens is 1. The van der Waals surface area contributed by atoms with E-state index in [1.54, 1.807) is 11.0 Å². The van der Waals surface area contributed by atoms with E-state index in [9.17, 15) is 19.5 Å². The Hall–Kier alpha value is -3.74. The molecule has 32 heavy (non-hydrogen) atoms. The van der Waals surface area contributed by atoms with Crippen LogP contribution in [0, 0.1) is 5.92 Å². The van der Waals surface area contributed by atoms with E-state index in [0.717, 1.165) is 12.1 Å². The third kappa shape index (κ3) is 3.30. The van der Waals surface area contributed by atoms with Crippen LogP contribution in [0.2, 0.25) is 0 Å². The number of hydrogen-bond donors (Lipinski definition) is 0. The quantitative estimate of drug-likeness (QED) is 0.512. The van der Waals surface area contributed by atoms with Crippen LogP contribution in [0.25, 0.3) is 6.08 Å². The number of carbonyl (C=O) groups excluding carboxylic acids is 3. The summed E-state index contributed by atoms with van der Waals surface area (Å²) in [6.07, 6.45) is 8.09. The molecule has 2 aromatic rings. The number of allylic oxidation sites excluding steroid dienone is 2. The van der Waals surface area contributed by atoms with Crippen LogP contribution < -0.4 is 9.67 Å². The van der Waals surface area contributed by atoms with Gasteiger partial charge in [0.05, 0.1) is 17.7 Å². The summed E-state index contributed by atoms with van der Waals surface area (Å²) in [4.78, 5) is 39.5. The van der Waals surface area contributed by atoms with Crippen molar-refractivity contribution < 1.29 is 24.1 Å². The van der Waals surface area contributed by atoms with Gasteiger partial charge in [-0.2, -0.15) is 0 Å². The fourth-order valence-electron chi connectivity index (χ4n) is 5.16. The number of likely N-dealkylation sites (tertiary alicyclic amines) is 1. The highest BCUT2D eigenvalue weighted by molar-refractivity contribution is 6.02. The number of hydrogen-bond acceptors (Lipinski definition) is 4. The predicted molar refractivity (Wildman–Crippen MR) is 113 cm³/mol. The maximum Gasteiger partial charge on any atom is 0.252 e. The third-order valence-electron chi connectivity index (χ3n) is 6.55. The molecule has 0 N–H and O–H groups in total. The van der Waals surface area contributed by atoms with Gasteiger partial charge < -0.3 is 19.7 Å². The van der Waals surface area contributed by atoms with Crippen LogP contribution in [0.4, 0.5) is 0 Å². The standard InChI is InChI=1S/C25H23N3O4/c1-16(29)27-15-20-12-19(22(25(31)32)28-21(20)23(27)24(28)30)10-9-18-8-5-11-26(14-18)13-17-6-3-2-4-7-17/h2-11,14,20-21,23H,12-13,15H2,1H3/b10-9+/t20-,21-,23+/m1/s1. The molecule has 0 saturated carbocycles. The molecule has 0 spiro atoms. The molecule has 0 unspecified atom stereocenters. The lowest BCUT2D eigenvalue weighted by atomic mass is 9.79. The molecule has 2 fully saturated rings. The monoisotopic (exact) mass is 429 g/mol. The molecule has 162 valence electrons. The Morgan fingerprint density at radius 1 is 1.16 bits per heavy atom. The summed E-state index contributed by atoms with van der Waals surface area (Å²) in [5, 5.41) is 11.9. The Labute approximate surface area is 185 Å². The van der Waals surface area contributed by atoms with E-state index < -0.39 is 12.0 Å². The minimum absolute atomic E-state index is 0.0307. The molecule has 3 atom stereocenters. The van der Waals surface area contributed by atoms with Crippen molar-refractivity contribution in [2.45, 2.75) is 32.0 Å². The zero-order chi connectivity index (χ0) is 22.4. The van der Waals surface area contributed by atoms with Gasteiger partial charge in [0.2, 0.25) is 5.91 Å². The normalized spacial score (nSPS) is 24.0. The summed E-state index contributed by atoms with van der Waals surface area (Å²) >= 11 is 0. The number of pyridine rings is 1. The lowest BCUT2D eigenvalue weighted by molar-refractivity contribution is -0.688. The molecule has 5 rings (SSSR count). The summed E-state index contributed by atoms with van der Waals surface area (Å²) in [5.41, 5.74) is 2.59. The van der Waals surface area contributed by atoms with E-state index in [1.165, 1.54) is 17.4 Å². The molecule has 4 heterocycles. The number of carboxylic acids is 1. The van der Waals surface area contributed by atoms with Crippen molar-refractivity contribution in [3.63, 3.8) is 0 Å². The van der Waals surface area contributed by atoms with E-state index in [0.29, 0.717) is 18.5 Å². The summed E-state index contributed by atoms with van der Waals surface area (Å²) in [5.74, 6) is -1.82. The van der Waals surface area contributed by atoms with Crippen molar-refractivity contribution in [1.29, 1.82) is 0 Å². The highest BCUT2D eigenvalue weighted by Gasteiger charge is 2.62. The van der Waals surface area contributed by atoms with Gasteiger partial charge in [0, 0.05) is 36.6 Å². The Bertz CT molecular complexity index is 1170. The SMILES string of the molecule is CC(=O)N1C[C@H]2CC(/C=C/c3ccc[n+](Cc4ccccc4)c3)=C(C(=O)[O-])N3C(=O)[C@@H]1[C@@H]23. The van der Waals surface area contributed by atoms with Crippen LogP contribution in [0.5, 0.6) is 0 Å². The molecule has 3 aliphatic rings. The van der Waals surface area contributed by atoms with Gasteiger partial charge in [0.1, 0.15) is 6.04 Å². The van der Waals surface area contributed by atoms with Crippen molar-refractivity contribution in [3.8, 4) is 0 Å². The third-order valence-corrected chi connectivity index (χ3v) is 6.55. The van der Waals surface area contributed by atoms with Crippen molar-refractivity contribution in [2.75, 3.05) is 6.54 Å². The number of nitrogens with zero attached hydrogens (tertiary/aromatic N) is 3. The molecule has 1 aromatic heterocycles. The Morgan fingerprint density at radius 3 is 2.66 bits per heavy atom. The van der Waals surface area contributed by atoms with Crippen LogP contribution >= 0.6 is 0 Å². The lowest BCUT2D eigenvalue weighted by Gasteiger charge is -2.50. The molecule has 2 saturated heterocycles. The second-order valence-electron chi connectivity index (χ2n) is 8.57. The molecule has 0 bridgehead atoms. The first kappa shape index (κ1) is 20.2. The Balaban J connectivity index is 1.42. The first-order valence-corrected chi connectivity index (χ1v) is 10.7. The number of rotatable bonds is 5. The first-order valence-electron chi connectivity index (χ1n) is 10.7. The van der Waals surface area contributed by atoms with Crippen LogP contribution in [-0.4, -0.2) is 46.2 Å². The molecule has 3 aliphatic heterocycles. The highest BCUT2D eigenvalue weighted by Crippen LogP contribution is 2.47. The molecule has 0 aliphatic carbocycles. The van der Waals surface area contributed by atoms with Gasteiger partial charge in [-0.1, -0.05) is 36.4 Å². The smallest absolute Gasteiger partial charge is 0.252 e.